The van der Waals surface area contributed by atoms with Gasteiger partial charge in [-0.3, -0.25) is 9.10 Å². The van der Waals surface area contributed by atoms with E-state index < -0.39 is 10.0 Å². The molecule has 1 atom stereocenters. The molecule has 1 unspecified atom stereocenters. The van der Waals surface area contributed by atoms with E-state index in [0.29, 0.717) is 24.3 Å². The molecular formula is C18H20N2O3S2. The molecule has 1 N–H and O–H groups in total. The minimum absolute atomic E-state index is 0.0938. The Kier molecular flexibility index (Phi) is 5.06. The van der Waals surface area contributed by atoms with E-state index >= 15 is 0 Å². The molecule has 0 fully saturated rings. The van der Waals surface area contributed by atoms with Gasteiger partial charge < -0.3 is 5.32 Å². The molecule has 0 bridgehead atoms. The van der Waals surface area contributed by atoms with Gasteiger partial charge in [0.2, 0.25) is 5.91 Å². The fourth-order valence-corrected chi connectivity index (χ4v) is 5.36. The van der Waals surface area contributed by atoms with Crippen LogP contribution in [0.2, 0.25) is 0 Å². The first-order valence-corrected chi connectivity index (χ1v) is 10.4. The minimum atomic E-state index is -3.71. The number of para-hydroxylation sites is 1. The number of thioether (sulfide) groups is 1. The molecule has 1 aliphatic rings. The molecule has 0 saturated carbocycles. The number of carbonyl (C=O) groups excluding carboxylic acids is 1. The van der Waals surface area contributed by atoms with Gasteiger partial charge in [-0.15, -0.1) is 11.8 Å². The van der Waals surface area contributed by atoms with Gasteiger partial charge >= 0.3 is 0 Å². The van der Waals surface area contributed by atoms with Gasteiger partial charge in [0.15, 0.2) is 0 Å². The maximum absolute atomic E-state index is 13.1. The maximum atomic E-state index is 13.1. The average Bonchev–Trinajstić information content (AvgIpc) is 2.71. The molecule has 1 heterocycles. The number of carbonyl (C=O) groups is 1. The fraction of sp³-hybridized carbons (Fsp3) is 0.278. The van der Waals surface area contributed by atoms with Crippen LogP contribution in [0.3, 0.4) is 0 Å². The third-order valence-corrected chi connectivity index (χ3v) is 7.02. The van der Waals surface area contributed by atoms with Gasteiger partial charge in [0, 0.05) is 23.1 Å². The summed E-state index contributed by atoms with van der Waals surface area (Å²) in [6.07, 6.45) is 0.409. The molecule has 132 valence electrons. The monoisotopic (exact) mass is 376 g/mol. The Bertz CT molecular complexity index is 882. The normalized spacial score (nSPS) is 17.4. The zero-order valence-electron chi connectivity index (χ0n) is 14.1. The number of hydrogen-bond acceptors (Lipinski definition) is 4. The van der Waals surface area contributed by atoms with E-state index in [2.05, 4.69) is 5.32 Å². The Morgan fingerprint density at radius 2 is 1.92 bits per heavy atom. The van der Waals surface area contributed by atoms with Crippen LogP contribution in [0.4, 0.5) is 11.4 Å². The lowest BCUT2D eigenvalue weighted by atomic mass is 10.3. The highest BCUT2D eigenvalue weighted by atomic mass is 32.2. The third-order valence-electron chi connectivity index (χ3n) is 3.95. The van der Waals surface area contributed by atoms with E-state index in [0.717, 1.165) is 4.90 Å². The van der Waals surface area contributed by atoms with Gasteiger partial charge in [-0.25, -0.2) is 8.42 Å². The van der Waals surface area contributed by atoms with Crippen LogP contribution in [-0.4, -0.2) is 26.1 Å². The van der Waals surface area contributed by atoms with Crippen molar-refractivity contribution in [2.45, 2.75) is 35.3 Å². The molecular weight excluding hydrogens is 356 g/mol. The van der Waals surface area contributed by atoms with Crippen LogP contribution in [0, 0.1) is 0 Å². The molecule has 0 aliphatic carbocycles. The smallest absolute Gasteiger partial charge is 0.264 e. The molecule has 1 amide bonds. The standard InChI is InChI=1S/C18H20N2O3S2/c1-3-20(14-7-5-4-6-8-14)25(22,23)15-9-10-17-16(12-15)19-18(21)11-13(2)24-17/h4-10,12-13H,3,11H2,1-2H3,(H,19,21). The molecule has 0 saturated heterocycles. The summed E-state index contributed by atoms with van der Waals surface area (Å²) in [4.78, 5) is 13.0. The number of fused-ring (bicyclic) bond motifs is 1. The molecule has 0 radical (unpaired) electrons. The van der Waals surface area contributed by atoms with Crippen molar-refractivity contribution in [3.8, 4) is 0 Å². The lowest BCUT2D eigenvalue weighted by Gasteiger charge is -2.23. The predicted molar refractivity (Wildman–Crippen MR) is 102 cm³/mol. The maximum Gasteiger partial charge on any atom is 0.264 e. The van der Waals surface area contributed by atoms with Gasteiger partial charge in [-0.2, -0.15) is 0 Å². The highest BCUT2D eigenvalue weighted by Gasteiger charge is 2.26. The number of rotatable bonds is 4. The van der Waals surface area contributed by atoms with Crippen LogP contribution in [0.15, 0.2) is 58.3 Å². The van der Waals surface area contributed by atoms with Crippen LogP contribution < -0.4 is 9.62 Å². The number of sulfonamides is 1. The summed E-state index contributed by atoms with van der Waals surface area (Å²) in [6.45, 7) is 4.10. The quantitative estimate of drug-likeness (QED) is 0.883. The zero-order chi connectivity index (χ0) is 18.0. The Balaban J connectivity index is 2.02. The van der Waals surface area contributed by atoms with Crippen molar-refractivity contribution in [3.63, 3.8) is 0 Å². The number of nitrogens with one attached hydrogen (secondary N) is 1. The summed E-state index contributed by atoms with van der Waals surface area (Å²) in [7, 11) is -3.71. The van der Waals surface area contributed by atoms with Crippen molar-refractivity contribution in [3.05, 3.63) is 48.5 Å². The number of benzene rings is 2. The Morgan fingerprint density at radius 1 is 1.20 bits per heavy atom. The highest BCUT2D eigenvalue weighted by molar-refractivity contribution is 8.00. The van der Waals surface area contributed by atoms with Gasteiger partial charge in [0.25, 0.3) is 10.0 Å². The van der Waals surface area contributed by atoms with E-state index in [1.54, 1.807) is 49.0 Å². The van der Waals surface area contributed by atoms with E-state index in [1.165, 1.54) is 4.31 Å². The van der Waals surface area contributed by atoms with E-state index in [4.69, 9.17) is 0 Å². The van der Waals surface area contributed by atoms with Gasteiger partial charge in [-0.05, 0) is 37.3 Å². The van der Waals surface area contributed by atoms with Crippen LogP contribution in [0.1, 0.15) is 20.3 Å². The average molecular weight is 377 g/mol. The third kappa shape index (κ3) is 3.67. The summed E-state index contributed by atoms with van der Waals surface area (Å²) >= 11 is 1.57. The minimum Gasteiger partial charge on any atom is -0.325 e. The molecule has 0 spiro atoms. The second-order valence-electron chi connectivity index (χ2n) is 5.84. The van der Waals surface area contributed by atoms with E-state index in [9.17, 15) is 13.2 Å². The molecule has 0 aromatic heterocycles. The lowest BCUT2D eigenvalue weighted by molar-refractivity contribution is -0.116. The topological polar surface area (TPSA) is 66.5 Å². The van der Waals surface area contributed by atoms with Crippen molar-refractivity contribution in [2.75, 3.05) is 16.2 Å². The first kappa shape index (κ1) is 17.8. The van der Waals surface area contributed by atoms with E-state index in [1.807, 2.05) is 25.1 Å². The van der Waals surface area contributed by atoms with Crippen molar-refractivity contribution in [1.29, 1.82) is 0 Å². The largest absolute Gasteiger partial charge is 0.325 e. The second-order valence-corrected chi connectivity index (χ2v) is 9.19. The zero-order valence-corrected chi connectivity index (χ0v) is 15.7. The number of hydrogen-bond donors (Lipinski definition) is 1. The molecule has 5 nitrogen and oxygen atoms in total. The van der Waals surface area contributed by atoms with Crippen LogP contribution in [0.25, 0.3) is 0 Å². The molecule has 3 rings (SSSR count). The van der Waals surface area contributed by atoms with Gasteiger partial charge in [-0.1, -0.05) is 25.1 Å². The Morgan fingerprint density at radius 3 is 2.60 bits per heavy atom. The first-order chi connectivity index (χ1) is 11.9. The molecule has 2 aromatic rings. The predicted octanol–water partition coefficient (Wildman–Crippen LogP) is 3.72. The summed E-state index contributed by atoms with van der Waals surface area (Å²) < 4.78 is 27.5. The molecule has 1 aliphatic heterocycles. The Hall–Kier alpha value is -1.99. The number of nitrogens with zero attached hydrogens (tertiary/aromatic N) is 1. The van der Waals surface area contributed by atoms with Crippen molar-refractivity contribution in [2.24, 2.45) is 0 Å². The summed E-state index contributed by atoms with van der Waals surface area (Å²) in [5.41, 5.74) is 1.18. The van der Waals surface area contributed by atoms with Crippen molar-refractivity contribution in [1.82, 2.24) is 0 Å². The summed E-state index contributed by atoms with van der Waals surface area (Å²) in [5, 5.41) is 2.97. The van der Waals surface area contributed by atoms with Gasteiger partial charge in [0.1, 0.15) is 0 Å². The molecule has 2 aromatic carbocycles. The lowest BCUT2D eigenvalue weighted by Crippen LogP contribution is -2.30. The van der Waals surface area contributed by atoms with Crippen LogP contribution in [0.5, 0.6) is 0 Å². The number of amides is 1. The second kappa shape index (κ2) is 7.09. The molecule has 25 heavy (non-hydrogen) atoms. The SMILES string of the molecule is CCN(c1ccccc1)S(=O)(=O)c1ccc2c(c1)NC(=O)CC(C)S2. The fourth-order valence-electron chi connectivity index (χ4n) is 2.80. The molecule has 7 heteroatoms. The van der Waals surface area contributed by atoms with E-state index in [-0.39, 0.29) is 16.1 Å². The highest BCUT2D eigenvalue weighted by Crippen LogP contribution is 2.37. The van der Waals surface area contributed by atoms with Crippen molar-refractivity contribution < 1.29 is 13.2 Å². The Labute approximate surface area is 152 Å². The number of anilines is 2. The van der Waals surface area contributed by atoms with Crippen molar-refractivity contribution >= 4 is 39.1 Å². The summed E-state index contributed by atoms with van der Waals surface area (Å²) in [5.74, 6) is -0.0938. The van der Waals surface area contributed by atoms with Crippen LogP contribution >= 0.6 is 11.8 Å². The van der Waals surface area contributed by atoms with Gasteiger partial charge in [0.05, 0.1) is 16.3 Å². The van der Waals surface area contributed by atoms with Crippen LogP contribution in [-0.2, 0) is 14.8 Å². The summed E-state index contributed by atoms with van der Waals surface area (Å²) in [6, 6.07) is 13.9. The first-order valence-electron chi connectivity index (χ1n) is 8.10.